The van der Waals surface area contributed by atoms with Gasteiger partial charge in [0.05, 0.1) is 0 Å². The minimum absolute atomic E-state index is 0.327. The van der Waals surface area contributed by atoms with Crippen molar-refractivity contribution < 1.29 is 0 Å². The first-order valence-electron chi connectivity index (χ1n) is 6.91. The lowest BCUT2D eigenvalue weighted by molar-refractivity contribution is 0.158. The number of nitrogens with zero attached hydrogens (tertiary/aromatic N) is 1. The smallest absolute Gasteiger partial charge is 0.0220 e. The van der Waals surface area contributed by atoms with E-state index in [4.69, 9.17) is 0 Å². The lowest BCUT2D eigenvalue weighted by atomic mass is 9.92. The summed E-state index contributed by atoms with van der Waals surface area (Å²) < 4.78 is 0. The fraction of sp³-hybridized carbons (Fsp3) is 0.714. The molecule has 18 heavy (non-hydrogen) atoms. The van der Waals surface area contributed by atoms with Gasteiger partial charge in [0, 0.05) is 58.2 Å². The summed E-state index contributed by atoms with van der Waals surface area (Å²) in [5.41, 5.74) is 1.65. The van der Waals surface area contributed by atoms with E-state index in [1.807, 2.05) is 6.20 Å². The maximum atomic E-state index is 3.56. The van der Waals surface area contributed by atoms with Crippen LogP contribution >= 0.6 is 0 Å². The van der Waals surface area contributed by atoms with Crippen LogP contribution in [0, 0.1) is 5.41 Å². The number of hydrogen-bond donors (Lipinski definition) is 3. The zero-order chi connectivity index (χ0) is 12.8. The molecule has 0 aliphatic carbocycles. The molecular weight excluding hydrogens is 224 g/mol. The molecule has 2 heterocycles. The van der Waals surface area contributed by atoms with Crippen molar-refractivity contribution in [1.82, 2.24) is 20.5 Å². The Morgan fingerprint density at radius 3 is 2.78 bits per heavy atom. The molecule has 0 unspecified atom stereocenters. The van der Waals surface area contributed by atoms with Crippen LogP contribution in [0.4, 0.5) is 0 Å². The van der Waals surface area contributed by atoms with Crippen molar-refractivity contribution in [2.24, 2.45) is 5.41 Å². The predicted molar refractivity (Wildman–Crippen MR) is 75.6 cm³/mol. The molecule has 0 saturated carbocycles. The van der Waals surface area contributed by atoms with Crippen molar-refractivity contribution in [3.05, 3.63) is 24.0 Å². The van der Waals surface area contributed by atoms with Crippen LogP contribution in [-0.4, -0.2) is 49.2 Å². The number of aromatic nitrogens is 1. The molecule has 2 rings (SSSR count). The van der Waals surface area contributed by atoms with Crippen molar-refractivity contribution >= 4 is 0 Å². The van der Waals surface area contributed by atoms with Crippen molar-refractivity contribution in [3.8, 4) is 0 Å². The quantitative estimate of drug-likeness (QED) is 0.707. The number of rotatable bonds is 6. The highest BCUT2D eigenvalue weighted by molar-refractivity contribution is 5.07. The summed E-state index contributed by atoms with van der Waals surface area (Å²) in [6.07, 6.45) is 4.03. The van der Waals surface area contributed by atoms with Gasteiger partial charge in [-0.2, -0.15) is 0 Å². The molecule has 0 bridgehead atoms. The molecule has 0 atom stereocenters. The average molecular weight is 250 g/mol. The molecule has 3 N–H and O–H groups in total. The van der Waals surface area contributed by atoms with Crippen LogP contribution in [0.5, 0.6) is 0 Å². The Morgan fingerprint density at radius 2 is 2.11 bits per heavy atom. The van der Waals surface area contributed by atoms with Gasteiger partial charge in [0.25, 0.3) is 0 Å². The summed E-state index contributed by atoms with van der Waals surface area (Å²) in [5, 5.41) is 6.96. The minimum Gasteiger partial charge on any atom is -0.367 e. The van der Waals surface area contributed by atoms with Gasteiger partial charge in [-0.3, -0.25) is 0 Å². The van der Waals surface area contributed by atoms with Crippen LogP contribution in [0.3, 0.4) is 0 Å². The SMILES string of the molecule is CC(C)(CNCc1cc[nH]c1)CN1CCNCC1. The average Bonchev–Trinajstić information content (AvgIpc) is 2.82. The summed E-state index contributed by atoms with van der Waals surface area (Å²) in [6.45, 7) is 12.5. The molecule has 1 fully saturated rings. The zero-order valence-electron chi connectivity index (χ0n) is 11.6. The first-order valence-corrected chi connectivity index (χ1v) is 6.91. The normalized spacial score (nSPS) is 18.1. The maximum Gasteiger partial charge on any atom is 0.0220 e. The second-order valence-electron chi connectivity index (χ2n) is 6.01. The number of hydrogen-bond acceptors (Lipinski definition) is 3. The summed E-state index contributed by atoms with van der Waals surface area (Å²) in [5.74, 6) is 0. The first kappa shape index (κ1) is 13.6. The Hall–Kier alpha value is -0.840. The van der Waals surface area contributed by atoms with Crippen LogP contribution in [0.2, 0.25) is 0 Å². The molecule has 0 amide bonds. The van der Waals surface area contributed by atoms with E-state index in [-0.39, 0.29) is 0 Å². The van der Waals surface area contributed by atoms with Gasteiger partial charge in [0.2, 0.25) is 0 Å². The van der Waals surface area contributed by atoms with Gasteiger partial charge in [0.1, 0.15) is 0 Å². The van der Waals surface area contributed by atoms with Crippen molar-refractivity contribution in [1.29, 1.82) is 0 Å². The van der Waals surface area contributed by atoms with Gasteiger partial charge in [0.15, 0.2) is 0 Å². The largest absolute Gasteiger partial charge is 0.367 e. The highest BCUT2D eigenvalue weighted by Gasteiger charge is 2.22. The second kappa shape index (κ2) is 6.36. The minimum atomic E-state index is 0.327. The zero-order valence-corrected chi connectivity index (χ0v) is 11.6. The highest BCUT2D eigenvalue weighted by atomic mass is 15.2. The van der Waals surface area contributed by atoms with E-state index in [0.29, 0.717) is 5.41 Å². The molecule has 0 aromatic carbocycles. The molecule has 1 aliphatic heterocycles. The van der Waals surface area contributed by atoms with Crippen LogP contribution in [0.25, 0.3) is 0 Å². The van der Waals surface area contributed by atoms with Gasteiger partial charge in [-0.15, -0.1) is 0 Å². The Bertz CT molecular complexity index is 326. The number of H-pyrrole nitrogens is 1. The molecule has 0 radical (unpaired) electrons. The topological polar surface area (TPSA) is 43.1 Å². The van der Waals surface area contributed by atoms with Crippen molar-refractivity contribution in [2.75, 3.05) is 39.3 Å². The molecular formula is C14H26N4. The van der Waals surface area contributed by atoms with E-state index >= 15 is 0 Å². The third kappa shape index (κ3) is 4.44. The molecule has 4 nitrogen and oxygen atoms in total. The molecule has 1 aliphatic rings. The fourth-order valence-corrected chi connectivity index (χ4v) is 2.54. The molecule has 1 saturated heterocycles. The van der Waals surface area contributed by atoms with E-state index in [1.54, 1.807) is 0 Å². The summed E-state index contributed by atoms with van der Waals surface area (Å²) in [4.78, 5) is 5.65. The van der Waals surface area contributed by atoms with E-state index in [2.05, 4.69) is 46.6 Å². The van der Waals surface area contributed by atoms with Gasteiger partial charge in [-0.1, -0.05) is 13.8 Å². The van der Waals surface area contributed by atoms with Crippen LogP contribution in [0.1, 0.15) is 19.4 Å². The Morgan fingerprint density at radius 1 is 1.33 bits per heavy atom. The van der Waals surface area contributed by atoms with Gasteiger partial charge >= 0.3 is 0 Å². The monoisotopic (exact) mass is 250 g/mol. The Kier molecular flexibility index (Phi) is 4.80. The standard InChI is InChI=1S/C14H26N4/c1-14(2,12-18-7-5-15-6-8-18)11-17-10-13-3-4-16-9-13/h3-4,9,15-17H,5-8,10-12H2,1-2H3. The van der Waals surface area contributed by atoms with E-state index in [1.165, 1.54) is 25.2 Å². The third-order valence-corrected chi connectivity index (χ3v) is 3.46. The van der Waals surface area contributed by atoms with Crippen LogP contribution in [-0.2, 0) is 6.54 Å². The van der Waals surface area contributed by atoms with Gasteiger partial charge < -0.3 is 20.5 Å². The molecule has 1 aromatic rings. The summed E-state index contributed by atoms with van der Waals surface area (Å²) >= 11 is 0. The van der Waals surface area contributed by atoms with Gasteiger partial charge in [-0.25, -0.2) is 0 Å². The predicted octanol–water partition coefficient (Wildman–Crippen LogP) is 1.04. The molecule has 4 heteroatoms. The van der Waals surface area contributed by atoms with E-state index in [9.17, 15) is 0 Å². The lowest BCUT2D eigenvalue weighted by Crippen LogP contribution is -2.48. The maximum absolute atomic E-state index is 3.56. The lowest BCUT2D eigenvalue weighted by Gasteiger charge is -2.35. The van der Waals surface area contributed by atoms with Crippen molar-refractivity contribution in [3.63, 3.8) is 0 Å². The molecule has 0 spiro atoms. The fourth-order valence-electron chi connectivity index (χ4n) is 2.54. The Balaban J connectivity index is 1.69. The van der Waals surface area contributed by atoms with E-state index < -0.39 is 0 Å². The first-order chi connectivity index (χ1) is 8.66. The third-order valence-electron chi connectivity index (χ3n) is 3.46. The van der Waals surface area contributed by atoms with E-state index in [0.717, 1.165) is 26.2 Å². The summed E-state index contributed by atoms with van der Waals surface area (Å²) in [7, 11) is 0. The Labute approximate surface area is 110 Å². The van der Waals surface area contributed by atoms with Gasteiger partial charge in [-0.05, 0) is 17.0 Å². The van der Waals surface area contributed by atoms with Crippen LogP contribution in [0.15, 0.2) is 18.5 Å². The molecule has 102 valence electrons. The van der Waals surface area contributed by atoms with Crippen molar-refractivity contribution in [2.45, 2.75) is 20.4 Å². The highest BCUT2D eigenvalue weighted by Crippen LogP contribution is 2.16. The number of piperazine rings is 1. The summed E-state index contributed by atoms with van der Waals surface area (Å²) in [6, 6.07) is 2.12. The second-order valence-corrected chi connectivity index (χ2v) is 6.01. The van der Waals surface area contributed by atoms with Crippen LogP contribution < -0.4 is 10.6 Å². The molecule has 1 aromatic heterocycles. The number of aromatic amines is 1. The number of nitrogens with one attached hydrogen (secondary N) is 3.